The Balaban J connectivity index is 2.22. The molecule has 2 rings (SSSR count). The fourth-order valence-electron chi connectivity index (χ4n) is 2.22. The van der Waals surface area contributed by atoms with E-state index < -0.39 is 0 Å². The highest BCUT2D eigenvalue weighted by atomic mass is 16.5. The first-order valence-corrected chi connectivity index (χ1v) is 5.85. The van der Waals surface area contributed by atoms with Gasteiger partial charge in [-0.15, -0.1) is 0 Å². The van der Waals surface area contributed by atoms with E-state index in [2.05, 4.69) is 36.2 Å². The van der Waals surface area contributed by atoms with Crippen molar-refractivity contribution in [1.29, 1.82) is 0 Å². The van der Waals surface area contributed by atoms with E-state index in [4.69, 9.17) is 4.74 Å². The van der Waals surface area contributed by atoms with Crippen LogP contribution < -0.4 is 9.64 Å². The number of hydrogen-bond donors (Lipinski definition) is 0. The van der Waals surface area contributed by atoms with Crippen molar-refractivity contribution >= 4 is 5.69 Å². The molecule has 2 nitrogen and oxygen atoms in total. The number of likely N-dealkylation sites (N-methyl/N-ethyl adjacent to an activating group) is 1. The Morgan fingerprint density at radius 2 is 2.12 bits per heavy atom. The highest BCUT2D eigenvalue weighted by Gasteiger charge is 2.16. The summed E-state index contributed by atoms with van der Waals surface area (Å²) < 4.78 is 5.39. The largest absolute Gasteiger partial charge is 0.495 e. The number of anilines is 1. The van der Waals surface area contributed by atoms with Crippen molar-refractivity contribution in [2.75, 3.05) is 19.1 Å². The minimum Gasteiger partial charge on any atom is -0.495 e. The molecule has 0 aromatic heterocycles. The monoisotopic (exact) mass is 217 g/mol. The summed E-state index contributed by atoms with van der Waals surface area (Å²) in [5.41, 5.74) is 1.17. The van der Waals surface area contributed by atoms with Crippen LogP contribution in [0, 0.1) is 0 Å². The number of allylic oxidation sites excluding steroid dienone is 1. The second kappa shape index (κ2) is 5.06. The Hall–Kier alpha value is -1.44. The van der Waals surface area contributed by atoms with Crippen molar-refractivity contribution in [3.63, 3.8) is 0 Å². The molecule has 86 valence electrons. The minimum absolute atomic E-state index is 0.505. The van der Waals surface area contributed by atoms with Crippen LogP contribution in [0.25, 0.3) is 0 Å². The predicted molar refractivity (Wildman–Crippen MR) is 68.2 cm³/mol. The van der Waals surface area contributed by atoms with Crippen LogP contribution in [-0.2, 0) is 0 Å². The van der Waals surface area contributed by atoms with Gasteiger partial charge >= 0.3 is 0 Å². The average molecular weight is 217 g/mol. The van der Waals surface area contributed by atoms with Crippen molar-refractivity contribution in [3.8, 4) is 5.75 Å². The lowest BCUT2D eigenvalue weighted by molar-refractivity contribution is 0.413. The lowest BCUT2D eigenvalue weighted by atomic mass is 10.0. The first kappa shape index (κ1) is 11.1. The van der Waals surface area contributed by atoms with Crippen molar-refractivity contribution in [1.82, 2.24) is 0 Å². The molecule has 1 aliphatic carbocycles. The molecule has 0 bridgehead atoms. The number of ether oxygens (including phenoxy) is 1. The maximum Gasteiger partial charge on any atom is 0.142 e. The summed E-state index contributed by atoms with van der Waals surface area (Å²) in [5, 5.41) is 0. The van der Waals surface area contributed by atoms with Crippen LogP contribution in [0.4, 0.5) is 5.69 Å². The van der Waals surface area contributed by atoms with Crippen LogP contribution in [0.1, 0.15) is 19.3 Å². The topological polar surface area (TPSA) is 12.5 Å². The third-order valence-corrected chi connectivity index (χ3v) is 3.19. The second-order valence-electron chi connectivity index (χ2n) is 4.21. The fourth-order valence-corrected chi connectivity index (χ4v) is 2.22. The van der Waals surface area contributed by atoms with Crippen LogP contribution in [0.15, 0.2) is 36.4 Å². The highest BCUT2D eigenvalue weighted by Crippen LogP contribution is 2.30. The summed E-state index contributed by atoms with van der Waals surface area (Å²) in [6.07, 6.45) is 8.30. The van der Waals surface area contributed by atoms with Gasteiger partial charge in [0.15, 0.2) is 0 Å². The molecular formula is C14H19NO. The van der Waals surface area contributed by atoms with Gasteiger partial charge in [-0.2, -0.15) is 0 Å². The molecule has 0 aliphatic heterocycles. The van der Waals surface area contributed by atoms with Crippen molar-refractivity contribution < 1.29 is 4.74 Å². The Kier molecular flexibility index (Phi) is 3.50. The van der Waals surface area contributed by atoms with Gasteiger partial charge in [-0.1, -0.05) is 24.3 Å². The first-order chi connectivity index (χ1) is 7.83. The van der Waals surface area contributed by atoms with Gasteiger partial charge in [0, 0.05) is 13.1 Å². The molecule has 0 heterocycles. The summed E-state index contributed by atoms with van der Waals surface area (Å²) in [6, 6.07) is 8.69. The lowest BCUT2D eigenvalue weighted by Crippen LogP contribution is -2.31. The zero-order valence-electron chi connectivity index (χ0n) is 10.0. The molecule has 1 atom stereocenters. The van der Waals surface area contributed by atoms with E-state index in [1.165, 1.54) is 24.9 Å². The summed E-state index contributed by atoms with van der Waals surface area (Å²) >= 11 is 0. The van der Waals surface area contributed by atoms with Crippen molar-refractivity contribution in [3.05, 3.63) is 36.4 Å². The Bertz CT molecular complexity index is 373. The molecule has 0 spiro atoms. The van der Waals surface area contributed by atoms with Crippen molar-refractivity contribution in [2.24, 2.45) is 0 Å². The number of para-hydroxylation sites is 2. The zero-order valence-corrected chi connectivity index (χ0v) is 10.0. The first-order valence-electron chi connectivity index (χ1n) is 5.85. The fraction of sp³-hybridized carbons (Fsp3) is 0.429. The predicted octanol–water partition coefficient (Wildman–Crippen LogP) is 3.24. The summed E-state index contributed by atoms with van der Waals surface area (Å²) in [7, 11) is 3.86. The van der Waals surface area contributed by atoms with Crippen LogP contribution >= 0.6 is 0 Å². The van der Waals surface area contributed by atoms with Gasteiger partial charge < -0.3 is 9.64 Å². The third kappa shape index (κ3) is 2.21. The summed E-state index contributed by atoms with van der Waals surface area (Å²) in [5.74, 6) is 0.948. The molecule has 0 amide bonds. The molecular weight excluding hydrogens is 198 g/mol. The molecule has 16 heavy (non-hydrogen) atoms. The van der Waals surface area contributed by atoms with Crippen molar-refractivity contribution in [2.45, 2.75) is 25.3 Å². The van der Waals surface area contributed by atoms with Gasteiger partial charge in [0.2, 0.25) is 0 Å². The molecule has 0 saturated heterocycles. The maximum atomic E-state index is 5.39. The third-order valence-electron chi connectivity index (χ3n) is 3.19. The number of methoxy groups -OCH3 is 1. The minimum atomic E-state index is 0.505. The molecule has 1 aromatic rings. The van der Waals surface area contributed by atoms with Gasteiger partial charge in [-0.25, -0.2) is 0 Å². The Labute approximate surface area is 97.5 Å². The van der Waals surface area contributed by atoms with E-state index in [1.807, 2.05) is 12.1 Å². The van der Waals surface area contributed by atoms with Crippen LogP contribution in [0.5, 0.6) is 5.75 Å². The smallest absolute Gasteiger partial charge is 0.142 e. The summed E-state index contributed by atoms with van der Waals surface area (Å²) in [6.45, 7) is 0. The van der Waals surface area contributed by atoms with Crippen LogP contribution in [0.3, 0.4) is 0 Å². The quantitative estimate of drug-likeness (QED) is 0.721. The molecule has 0 fully saturated rings. The van der Waals surface area contributed by atoms with E-state index in [0.29, 0.717) is 6.04 Å². The van der Waals surface area contributed by atoms with E-state index >= 15 is 0 Å². The van der Waals surface area contributed by atoms with Crippen LogP contribution in [0.2, 0.25) is 0 Å². The van der Waals surface area contributed by atoms with Gasteiger partial charge in [0.1, 0.15) is 5.75 Å². The van der Waals surface area contributed by atoms with E-state index in [0.717, 1.165) is 5.75 Å². The number of hydrogen-bond acceptors (Lipinski definition) is 2. The molecule has 1 aliphatic rings. The van der Waals surface area contributed by atoms with Gasteiger partial charge in [0.25, 0.3) is 0 Å². The van der Waals surface area contributed by atoms with E-state index in [-0.39, 0.29) is 0 Å². The van der Waals surface area contributed by atoms with E-state index in [9.17, 15) is 0 Å². The Morgan fingerprint density at radius 3 is 2.81 bits per heavy atom. The lowest BCUT2D eigenvalue weighted by Gasteiger charge is -2.30. The van der Waals surface area contributed by atoms with Gasteiger partial charge in [-0.05, 0) is 31.4 Å². The second-order valence-corrected chi connectivity index (χ2v) is 4.21. The number of nitrogens with zero attached hydrogens (tertiary/aromatic N) is 1. The maximum absolute atomic E-state index is 5.39. The molecule has 0 saturated carbocycles. The van der Waals surface area contributed by atoms with Gasteiger partial charge in [-0.3, -0.25) is 0 Å². The molecule has 0 N–H and O–H groups in total. The normalized spacial score (nSPS) is 19.5. The molecule has 1 unspecified atom stereocenters. The standard InChI is InChI=1S/C14H19NO/c1-15(12-8-4-3-5-9-12)13-10-6-7-11-14(13)16-2/h4,6-8,10-12H,3,5,9H2,1-2H3. The number of benzene rings is 1. The average Bonchev–Trinajstić information content (AvgIpc) is 2.39. The van der Waals surface area contributed by atoms with Gasteiger partial charge in [0.05, 0.1) is 12.8 Å². The SMILES string of the molecule is COc1ccccc1N(C)C1C=CCCC1. The Morgan fingerprint density at radius 1 is 1.31 bits per heavy atom. The van der Waals surface area contributed by atoms with Crippen LogP contribution in [-0.4, -0.2) is 20.2 Å². The number of rotatable bonds is 3. The summed E-state index contributed by atoms with van der Waals surface area (Å²) in [4.78, 5) is 2.30. The highest BCUT2D eigenvalue weighted by molar-refractivity contribution is 5.59. The zero-order chi connectivity index (χ0) is 11.4. The molecule has 0 radical (unpaired) electrons. The molecule has 2 heteroatoms. The molecule has 1 aromatic carbocycles. The van der Waals surface area contributed by atoms with E-state index in [1.54, 1.807) is 7.11 Å².